The molecule has 1 aromatic heterocycles. The van der Waals surface area contributed by atoms with E-state index in [1.54, 1.807) is 0 Å². The van der Waals surface area contributed by atoms with Crippen molar-refractivity contribution < 1.29 is 26.3 Å². The number of benzene rings is 1. The first-order valence-corrected chi connectivity index (χ1v) is 6.75. The number of thiol groups is 1. The minimum Gasteiger partial charge on any atom is -0.331 e. The molecule has 2 rings (SSSR count). The van der Waals surface area contributed by atoms with Crippen molar-refractivity contribution >= 4 is 30.1 Å². The van der Waals surface area contributed by atoms with Crippen molar-refractivity contribution in [2.75, 3.05) is 4.72 Å². The first-order chi connectivity index (χ1) is 10.9. The van der Waals surface area contributed by atoms with Crippen LogP contribution in [0.3, 0.4) is 0 Å². The maximum atomic E-state index is 12.8. The topological polar surface area (TPSA) is 46.9 Å². The molecule has 0 saturated carbocycles. The molecule has 0 radical (unpaired) electrons. The predicted octanol–water partition coefficient (Wildman–Crippen LogP) is 4.18. The molecule has 24 heavy (non-hydrogen) atoms. The highest BCUT2D eigenvalue weighted by Gasteiger charge is 2.34. The Morgan fingerprint density at radius 1 is 1.08 bits per heavy atom. The van der Waals surface area contributed by atoms with Gasteiger partial charge in [0.15, 0.2) is 5.69 Å². The van der Waals surface area contributed by atoms with Gasteiger partial charge in [0.25, 0.3) is 5.56 Å². The first kappa shape index (κ1) is 18.5. The molecule has 0 unspecified atom stereocenters. The van der Waals surface area contributed by atoms with Crippen molar-refractivity contribution in [3.8, 4) is 5.69 Å². The van der Waals surface area contributed by atoms with E-state index in [0.29, 0.717) is 23.0 Å². The normalized spacial score (nSPS) is 12.3. The van der Waals surface area contributed by atoms with Gasteiger partial charge in [0.05, 0.1) is 22.0 Å². The summed E-state index contributed by atoms with van der Waals surface area (Å²) in [5, 5.41) is -0.523. The molecule has 0 aliphatic heterocycles. The van der Waals surface area contributed by atoms with Crippen molar-refractivity contribution in [3.63, 3.8) is 0 Å². The molecule has 0 atom stereocenters. The molecule has 0 aliphatic carbocycles. The van der Waals surface area contributed by atoms with Gasteiger partial charge in [-0.2, -0.15) is 26.3 Å². The Labute approximate surface area is 140 Å². The summed E-state index contributed by atoms with van der Waals surface area (Å²) in [4.78, 5) is 15.0. The average molecular weight is 390 g/mol. The molecular weight excluding hydrogens is 384 g/mol. The molecule has 12 heteroatoms. The summed E-state index contributed by atoms with van der Waals surface area (Å²) in [5.74, 6) is 0. The summed E-state index contributed by atoms with van der Waals surface area (Å²) in [6.45, 7) is 0. The van der Waals surface area contributed by atoms with E-state index in [2.05, 4.69) is 22.5 Å². The van der Waals surface area contributed by atoms with Gasteiger partial charge in [0.1, 0.15) is 6.33 Å². The second kappa shape index (κ2) is 6.20. The second-order valence-corrected chi connectivity index (χ2v) is 5.07. The third-order valence-corrected chi connectivity index (χ3v) is 3.38. The third kappa shape index (κ3) is 3.61. The van der Waals surface area contributed by atoms with Crippen LogP contribution in [0.15, 0.2) is 29.3 Å². The Balaban J connectivity index is 2.67. The van der Waals surface area contributed by atoms with Crippen LogP contribution in [0, 0.1) is 0 Å². The number of anilines is 1. The molecule has 0 bridgehead atoms. The molecule has 0 saturated heterocycles. The number of halogens is 7. The summed E-state index contributed by atoms with van der Waals surface area (Å²) in [6.07, 6.45) is -9.04. The Bertz CT molecular complexity index is 833. The number of nitrogens with zero attached hydrogens (tertiary/aromatic N) is 2. The monoisotopic (exact) mass is 389 g/mol. The van der Waals surface area contributed by atoms with Gasteiger partial charge in [-0.3, -0.25) is 9.36 Å². The van der Waals surface area contributed by atoms with Gasteiger partial charge in [-0.15, -0.1) is 0 Å². The minimum absolute atomic E-state index is 0.205. The van der Waals surface area contributed by atoms with Crippen LogP contribution < -0.4 is 10.3 Å². The van der Waals surface area contributed by atoms with Crippen LogP contribution in [-0.4, -0.2) is 9.55 Å². The van der Waals surface area contributed by atoms with E-state index < -0.39 is 34.2 Å². The maximum absolute atomic E-state index is 12.8. The van der Waals surface area contributed by atoms with Gasteiger partial charge in [-0.05, 0) is 12.1 Å². The Morgan fingerprint density at radius 3 is 2.17 bits per heavy atom. The SMILES string of the molecule is O=c1cc(C(F)(F)F)ncn1-c1c(Cl)cc(C(F)(F)F)cc1NS. The molecule has 1 N–H and O–H groups in total. The zero-order chi connectivity index (χ0) is 18.3. The highest BCUT2D eigenvalue weighted by Crippen LogP contribution is 2.37. The number of hydrogen-bond acceptors (Lipinski definition) is 4. The summed E-state index contributed by atoms with van der Waals surface area (Å²) in [5.41, 5.74) is -4.38. The van der Waals surface area contributed by atoms with Crippen LogP contribution >= 0.6 is 24.4 Å². The summed E-state index contributed by atoms with van der Waals surface area (Å²) >= 11 is 9.40. The van der Waals surface area contributed by atoms with Crippen molar-refractivity contribution in [3.05, 3.63) is 51.2 Å². The molecule has 0 spiro atoms. The number of aromatic nitrogens is 2. The quantitative estimate of drug-likeness (QED) is 0.598. The highest BCUT2D eigenvalue weighted by molar-refractivity contribution is 7.81. The number of hydrogen-bond donors (Lipinski definition) is 2. The summed E-state index contributed by atoms with van der Waals surface area (Å²) in [6, 6.07) is 1.35. The van der Waals surface area contributed by atoms with Gasteiger partial charge >= 0.3 is 12.4 Å². The predicted molar refractivity (Wildman–Crippen MR) is 77.5 cm³/mol. The van der Waals surface area contributed by atoms with E-state index >= 15 is 0 Å². The summed E-state index contributed by atoms with van der Waals surface area (Å²) in [7, 11) is 0. The van der Waals surface area contributed by atoms with Gasteiger partial charge in [-0.25, -0.2) is 4.98 Å². The Kier molecular flexibility index (Phi) is 4.77. The fraction of sp³-hybridized carbons (Fsp3) is 0.167. The smallest absolute Gasteiger partial charge is 0.331 e. The van der Waals surface area contributed by atoms with Gasteiger partial charge < -0.3 is 4.72 Å². The van der Waals surface area contributed by atoms with Crippen molar-refractivity contribution in [1.29, 1.82) is 0 Å². The van der Waals surface area contributed by atoms with Crippen molar-refractivity contribution in [2.45, 2.75) is 12.4 Å². The van der Waals surface area contributed by atoms with Gasteiger partial charge in [-0.1, -0.05) is 24.4 Å². The molecule has 1 aromatic carbocycles. The fourth-order valence-corrected chi connectivity index (χ4v) is 2.30. The first-order valence-electron chi connectivity index (χ1n) is 5.92. The standard InChI is InChI=1S/C12H6ClF6N3OS/c13-6-1-5(11(14,15)16)2-7(21-24)10(6)22-4-20-8(3-9(22)23)12(17,18)19/h1-4,21,24H. The zero-order valence-electron chi connectivity index (χ0n) is 11.2. The van der Waals surface area contributed by atoms with Crippen LogP contribution in [0.25, 0.3) is 5.69 Å². The molecule has 4 nitrogen and oxygen atoms in total. The average Bonchev–Trinajstić information content (AvgIpc) is 2.45. The Morgan fingerprint density at radius 2 is 1.71 bits per heavy atom. The molecule has 2 aromatic rings. The van der Waals surface area contributed by atoms with Crippen LogP contribution in [0.5, 0.6) is 0 Å². The van der Waals surface area contributed by atoms with Crippen LogP contribution in [0.2, 0.25) is 5.02 Å². The van der Waals surface area contributed by atoms with Gasteiger partial charge in [0, 0.05) is 6.07 Å². The molecule has 0 fully saturated rings. The van der Waals surface area contributed by atoms with E-state index in [-0.39, 0.29) is 17.4 Å². The van der Waals surface area contributed by atoms with E-state index in [9.17, 15) is 31.1 Å². The minimum atomic E-state index is -4.84. The number of alkyl halides is 6. The Hall–Kier alpha value is -1.88. The largest absolute Gasteiger partial charge is 0.433 e. The number of rotatable bonds is 2. The van der Waals surface area contributed by atoms with Crippen LogP contribution in [0.1, 0.15) is 11.3 Å². The lowest BCUT2D eigenvalue weighted by Gasteiger charge is -2.16. The van der Waals surface area contributed by atoms with E-state index in [0.717, 1.165) is 0 Å². The number of nitrogens with one attached hydrogen (secondary N) is 1. The summed E-state index contributed by atoms with van der Waals surface area (Å²) < 4.78 is 78.6. The molecule has 0 amide bonds. The molecular formula is C12H6ClF6N3OS. The van der Waals surface area contributed by atoms with Crippen molar-refractivity contribution in [2.24, 2.45) is 0 Å². The highest BCUT2D eigenvalue weighted by atomic mass is 35.5. The van der Waals surface area contributed by atoms with E-state index in [1.165, 1.54) is 0 Å². The van der Waals surface area contributed by atoms with Crippen LogP contribution in [0.4, 0.5) is 32.0 Å². The van der Waals surface area contributed by atoms with Crippen LogP contribution in [-0.2, 0) is 12.4 Å². The van der Waals surface area contributed by atoms with Crippen molar-refractivity contribution in [1.82, 2.24) is 9.55 Å². The molecule has 0 aliphatic rings. The fourth-order valence-electron chi connectivity index (χ4n) is 1.82. The van der Waals surface area contributed by atoms with Gasteiger partial charge in [0.2, 0.25) is 0 Å². The third-order valence-electron chi connectivity index (χ3n) is 2.85. The lowest BCUT2D eigenvalue weighted by atomic mass is 10.1. The van der Waals surface area contributed by atoms with E-state index in [4.69, 9.17) is 11.6 Å². The lowest BCUT2D eigenvalue weighted by Crippen LogP contribution is -2.23. The lowest BCUT2D eigenvalue weighted by molar-refractivity contribution is -0.141. The molecule has 1 heterocycles. The van der Waals surface area contributed by atoms with E-state index in [1.807, 2.05) is 0 Å². The zero-order valence-corrected chi connectivity index (χ0v) is 12.9. The molecule has 130 valence electrons. The second-order valence-electron chi connectivity index (χ2n) is 4.44. The maximum Gasteiger partial charge on any atom is 0.433 e.